The molecule has 0 spiro atoms. The van der Waals surface area contributed by atoms with Crippen LogP contribution >= 0.6 is 34.8 Å². The Morgan fingerprint density at radius 2 is 0.857 bits per heavy atom. The summed E-state index contributed by atoms with van der Waals surface area (Å²) in [5.74, 6) is 1.50. The van der Waals surface area contributed by atoms with E-state index in [9.17, 15) is 0 Å². The van der Waals surface area contributed by atoms with Crippen LogP contribution in [0.4, 0.5) is 17.1 Å². The highest BCUT2D eigenvalue weighted by Crippen LogP contribution is 2.27. The number of halogens is 3. The molecule has 1 aliphatic rings. The van der Waals surface area contributed by atoms with Crippen molar-refractivity contribution in [1.82, 2.24) is 0 Å². The van der Waals surface area contributed by atoms with Crippen LogP contribution in [0.15, 0.2) is 94.9 Å². The van der Waals surface area contributed by atoms with E-state index in [4.69, 9.17) is 44.8 Å². The van der Waals surface area contributed by atoms with Crippen LogP contribution in [0.1, 0.15) is 0 Å². The van der Waals surface area contributed by atoms with Crippen molar-refractivity contribution < 1.29 is 0 Å². The third kappa shape index (κ3) is 4.28. The molecule has 6 heteroatoms. The van der Waals surface area contributed by atoms with Gasteiger partial charge in [0.1, 0.15) is 11.7 Å². The Balaban J connectivity index is 1.76. The maximum absolute atomic E-state index is 6.06. The van der Waals surface area contributed by atoms with Crippen LogP contribution in [-0.2, 0) is 0 Å². The van der Waals surface area contributed by atoms with E-state index in [1.165, 1.54) is 0 Å². The summed E-state index contributed by atoms with van der Waals surface area (Å²) in [5, 5.41) is 2.01. The smallest absolute Gasteiger partial charge is 0.139 e. The predicted molar refractivity (Wildman–Crippen MR) is 120 cm³/mol. The molecule has 1 aliphatic heterocycles. The summed E-state index contributed by atoms with van der Waals surface area (Å²) >= 11 is 18.0. The van der Waals surface area contributed by atoms with Gasteiger partial charge in [-0.2, -0.15) is 0 Å². The number of hydrogen-bond acceptors (Lipinski definition) is 2. The van der Waals surface area contributed by atoms with E-state index in [1.54, 1.807) is 0 Å². The average Bonchev–Trinajstić information content (AvgIpc) is 3.08. The minimum Gasteiger partial charge on any atom is -0.279 e. The molecule has 0 radical (unpaired) electrons. The summed E-state index contributed by atoms with van der Waals surface area (Å²) in [7, 11) is 0. The summed E-state index contributed by atoms with van der Waals surface area (Å²) in [6.45, 7) is 0. The maximum atomic E-state index is 6.06. The third-order valence-electron chi connectivity index (χ3n) is 4.07. The summed E-state index contributed by atoms with van der Waals surface area (Å²) in [6.07, 6.45) is 3.86. The van der Waals surface area contributed by atoms with Gasteiger partial charge in [-0.3, -0.25) is 4.90 Å². The molecule has 0 atom stereocenters. The molecule has 28 heavy (non-hydrogen) atoms. The molecule has 0 amide bonds. The van der Waals surface area contributed by atoms with Gasteiger partial charge >= 0.3 is 0 Å². The van der Waals surface area contributed by atoms with E-state index in [0.717, 1.165) is 28.7 Å². The minimum absolute atomic E-state index is 0.670. The van der Waals surface area contributed by atoms with Gasteiger partial charge in [0, 0.05) is 20.8 Å². The molecule has 4 rings (SSSR count). The van der Waals surface area contributed by atoms with Crippen molar-refractivity contribution in [2.24, 2.45) is 9.98 Å². The Morgan fingerprint density at radius 1 is 0.500 bits per heavy atom. The van der Waals surface area contributed by atoms with Crippen LogP contribution in [0.3, 0.4) is 0 Å². The monoisotopic (exact) mass is 425 g/mol. The third-order valence-corrected chi connectivity index (χ3v) is 4.82. The Bertz CT molecular complexity index is 1000. The summed E-state index contributed by atoms with van der Waals surface area (Å²) in [6, 6.07) is 22.3. The van der Waals surface area contributed by atoms with E-state index >= 15 is 0 Å². The van der Waals surface area contributed by atoms with Crippen molar-refractivity contribution in [2.75, 3.05) is 4.90 Å². The van der Waals surface area contributed by atoms with E-state index in [-0.39, 0.29) is 0 Å². The van der Waals surface area contributed by atoms with E-state index in [2.05, 4.69) is 0 Å². The maximum Gasteiger partial charge on any atom is 0.139 e. The lowest BCUT2D eigenvalue weighted by molar-refractivity contribution is 1.38. The van der Waals surface area contributed by atoms with Crippen LogP contribution in [-0.4, -0.2) is 11.7 Å². The molecule has 138 valence electrons. The van der Waals surface area contributed by atoms with E-state index in [1.807, 2.05) is 89.8 Å². The molecule has 0 unspecified atom stereocenters. The first-order valence-electron chi connectivity index (χ1n) is 8.51. The molecular weight excluding hydrogens is 413 g/mol. The van der Waals surface area contributed by atoms with Crippen molar-refractivity contribution >= 4 is 63.5 Å². The Labute approximate surface area is 178 Å². The molecule has 0 saturated heterocycles. The summed E-state index contributed by atoms with van der Waals surface area (Å²) < 4.78 is 0. The number of hydrogen-bond donors (Lipinski definition) is 0. The average molecular weight is 427 g/mol. The molecule has 0 aliphatic carbocycles. The molecule has 0 saturated carbocycles. The first kappa shape index (κ1) is 18.8. The number of rotatable bonds is 3. The lowest BCUT2D eigenvalue weighted by atomic mass is 10.3. The molecule has 1 heterocycles. The largest absolute Gasteiger partial charge is 0.279 e. The highest BCUT2D eigenvalue weighted by Gasteiger charge is 2.22. The van der Waals surface area contributed by atoms with Gasteiger partial charge in [0.15, 0.2) is 0 Å². The predicted octanol–water partition coefficient (Wildman–Crippen LogP) is 7.48. The quantitative estimate of drug-likeness (QED) is 0.426. The van der Waals surface area contributed by atoms with Crippen molar-refractivity contribution in [1.29, 1.82) is 0 Å². The Kier molecular flexibility index (Phi) is 5.49. The van der Waals surface area contributed by atoms with E-state index in [0.29, 0.717) is 15.1 Å². The fraction of sp³-hybridized carbons (Fsp3) is 0. The topological polar surface area (TPSA) is 28.0 Å². The van der Waals surface area contributed by atoms with Gasteiger partial charge in [0.25, 0.3) is 0 Å². The molecule has 0 aromatic heterocycles. The zero-order valence-electron chi connectivity index (χ0n) is 14.6. The van der Waals surface area contributed by atoms with Gasteiger partial charge in [-0.15, -0.1) is 0 Å². The fourth-order valence-electron chi connectivity index (χ4n) is 2.74. The zero-order chi connectivity index (χ0) is 19.5. The van der Waals surface area contributed by atoms with Gasteiger partial charge in [0.05, 0.1) is 11.4 Å². The van der Waals surface area contributed by atoms with Gasteiger partial charge in [-0.25, -0.2) is 9.98 Å². The van der Waals surface area contributed by atoms with Crippen LogP contribution in [0.2, 0.25) is 15.1 Å². The standard InChI is InChI=1S/C22H14Cl3N3/c23-15-1-7-18(8-2-15)26-21-13-14-22(27-19-9-3-16(24)4-10-19)28(21)20-11-5-17(25)6-12-20/h1-14H. The number of anilines is 1. The molecular formula is C22H14Cl3N3. The first-order chi connectivity index (χ1) is 13.6. The lowest BCUT2D eigenvalue weighted by Gasteiger charge is -2.20. The number of nitrogens with zero attached hydrogens (tertiary/aromatic N) is 3. The van der Waals surface area contributed by atoms with E-state index < -0.39 is 0 Å². The highest BCUT2D eigenvalue weighted by atomic mass is 35.5. The summed E-state index contributed by atoms with van der Waals surface area (Å²) in [5.41, 5.74) is 2.52. The summed E-state index contributed by atoms with van der Waals surface area (Å²) in [4.78, 5) is 11.5. The molecule has 3 aromatic rings. The van der Waals surface area contributed by atoms with Gasteiger partial charge in [-0.05, 0) is 84.9 Å². The van der Waals surface area contributed by atoms with Crippen LogP contribution in [0.5, 0.6) is 0 Å². The molecule has 0 N–H and O–H groups in total. The number of benzene rings is 3. The lowest BCUT2D eigenvalue weighted by Crippen LogP contribution is -2.29. The molecule has 0 bridgehead atoms. The van der Waals surface area contributed by atoms with Crippen molar-refractivity contribution in [2.45, 2.75) is 0 Å². The fourth-order valence-corrected chi connectivity index (χ4v) is 3.12. The Hall–Kier alpha value is -2.59. The second-order valence-electron chi connectivity index (χ2n) is 6.04. The van der Waals surface area contributed by atoms with Crippen LogP contribution in [0.25, 0.3) is 0 Å². The van der Waals surface area contributed by atoms with Crippen molar-refractivity contribution in [3.63, 3.8) is 0 Å². The van der Waals surface area contributed by atoms with Gasteiger partial charge in [0.2, 0.25) is 0 Å². The minimum atomic E-state index is 0.670. The second-order valence-corrected chi connectivity index (χ2v) is 7.35. The highest BCUT2D eigenvalue weighted by molar-refractivity contribution is 6.34. The first-order valence-corrected chi connectivity index (χ1v) is 9.64. The normalized spacial score (nSPS) is 16.3. The van der Waals surface area contributed by atoms with Crippen molar-refractivity contribution in [3.8, 4) is 0 Å². The molecule has 0 fully saturated rings. The SMILES string of the molecule is Clc1ccc(N=C2C=CC(=Nc3ccc(Cl)cc3)N2c2ccc(Cl)cc2)cc1. The molecule has 3 nitrogen and oxygen atoms in total. The molecule has 3 aromatic carbocycles. The number of amidine groups is 2. The van der Waals surface area contributed by atoms with Crippen molar-refractivity contribution in [3.05, 3.63) is 100 Å². The van der Waals surface area contributed by atoms with Gasteiger partial charge < -0.3 is 0 Å². The van der Waals surface area contributed by atoms with Crippen LogP contribution < -0.4 is 4.90 Å². The van der Waals surface area contributed by atoms with Crippen LogP contribution in [0, 0.1) is 0 Å². The second kappa shape index (κ2) is 8.19. The zero-order valence-corrected chi connectivity index (χ0v) is 16.8. The number of aliphatic imine (C=N–C) groups is 2. The van der Waals surface area contributed by atoms with Gasteiger partial charge in [-0.1, -0.05) is 34.8 Å². The Morgan fingerprint density at radius 3 is 1.25 bits per heavy atom.